The van der Waals surface area contributed by atoms with E-state index in [1.807, 2.05) is 13.0 Å². The van der Waals surface area contributed by atoms with Crippen molar-refractivity contribution in [2.24, 2.45) is 0 Å². The van der Waals surface area contributed by atoms with Crippen LogP contribution < -0.4 is 14.8 Å². The first-order chi connectivity index (χ1) is 8.62. The van der Waals surface area contributed by atoms with Crippen LogP contribution in [0.5, 0.6) is 11.5 Å². The molecule has 0 aromatic heterocycles. The molecular formula is C13H19NO4. The second-order valence-electron chi connectivity index (χ2n) is 3.69. The van der Waals surface area contributed by atoms with Crippen molar-refractivity contribution in [3.63, 3.8) is 0 Å². The predicted molar refractivity (Wildman–Crippen MR) is 69.3 cm³/mol. The van der Waals surface area contributed by atoms with E-state index >= 15 is 0 Å². The molecule has 5 heteroatoms. The van der Waals surface area contributed by atoms with Crippen LogP contribution in [-0.2, 0) is 9.53 Å². The SMILES string of the molecule is CCOc1ccc(NC(C)C(=O)OC)cc1OC. The lowest BCUT2D eigenvalue weighted by Gasteiger charge is -2.15. The van der Waals surface area contributed by atoms with E-state index in [2.05, 4.69) is 10.1 Å². The van der Waals surface area contributed by atoms with Gasteiger partial charge in [0.25, 0.3) is 0 Å². The van der Waals surface area contributed by atoms with Crippen molar-refractivity contribution in [2.45, 2.75) is 19.9 Å². The molecule has 0 aliphatic rings. The number of carbonyl (C=O) groups is 1. The second-order valence-corrected chi connectivity index (χ2v) is 3.69. The van der Waals surface area contributed by atoms with Gasteiger partial charge in [-0.05, 0) is 26.0 Å². The summed E-state index contributed by atoms with van der Waals surface area (Å²) in [6, 6.07) is 4.99. The summed E-state index contributed by atoms with van der Waals surface area (Å²) in [5.41, 5.74) is 0.771. The number of anilines is 1. The van der Waals surface area contributed by atoms with Gasteiger partial charge < -0.3 is 19.5 Å². The highest BCUT2D eigenvalue weighted by atomic mass is 16.5. The van der Waals surface area contributed by atoms with Gasteiger partial charge >= 0.3 is 5.97 Å². The Kier molecular flexibility index (Phi) is 5.30. The molecule has 0 bridgehead atoms. The summed E-state index contributed by atoms with van der Waals surface area (Å²) < 4.78 is 15.3. The van der Waals surface area contributed by atoms with Crippen LogP contribution in [0.1, 0.15) is 13.8 Å². The summed E-state index contributed by atoms with van der Waals surface area (Å²) in [6.07, 6.45) is 0. The smallest absolute Gasteiger partial charge is 0.327 e. The Morgan fingerprint density at radius 2 is 2.06 bits per heavy atom. The Morgan fingerprint density at radius 3 is 2.61 bits per heavy atom. The molecule has 0 heterocycles. The van der Waals surface area contributed by atoms with Crippen LogP contribution in [0.2, 0.25) is 0 Å². The Hall–Kier alpha value is -1.91. The summed E-state index contributed by atoms with van der Waals surface area (Å²) in [4.78, 5) is 11.3. The number of ether oxygens (including phenoxy) is 3. The quantitative estimate of drug-likeness (QED) is 0.786. The molecular weight excluding hydrogens is 234 g/mol. The third-order valence-electron chi connectivity index (χ3n) is 2.40. The fourth-order valence-electron chi connectivity index (χ4n) is 1.52. The monoisotopic (exact) mass is 253 g/mol. The van der Waals surface area contributed by atoms with Gasteiger partial charge in [0, 0.05) is 11.8 Å². The average Bonchev–Trinajstić information content (AvgIpc) is 2.39. The van der Waals surface area contributed by atoms with Gasteiger partial charge in [0.15, 0.2) is 11.5 Å². The second kappa shape index (κ2) is 6.74. The summed E-state index contributed by atoms with van der Waals surface area (Å²) >= 11 is 0. The standard InChI is InChI=1S/C13H19NO4/c1-5-18-11-7-6-10(8-12(11)16-3)14-9(2)13(15)17-4/h6-9,14H,5H2,1-4H3. The molecule has 5 nitrogen and oxygen atoms in total. The number of benzene rings is 1. The molecule has 100 valence electrons. The van der Waals surface area contributed by atoms with E-state index in [0.717, 1.165) is 5.69 Å². The van der Waals surface area contributed by atoms with E-state index in [-0.39, 0.29) is 5.97 Å². The first kappa shape index (κ1) is 14.2. The average molecular weight is 253 g/mol. The molecule has 1 unspecified atom stereocenters. The maximum atomic E-state index is 11.3. The Morgan fingerprint density at radius 1 is 1.33 bits per heavy atom. The van der Waals surface area contributed by atoms with Crippen LogP contribution >= 0.6 is 0 Å². The summed E-state index contributed by atoms with van der Waals surface area (Å²) in [6.45, 7) is 4.21. The van der Waals surface area contributed by atoms with Gasteiger partial charge in [0.05, 0.1) is 20.8 Å². The zero-order valence-electron chi connectivity index (χ0n) is 11.1. The van der Waals surface area contributed by atoms with Crippen LogP contribution in [0, 0.1) is 0 Å². The molecule has 0 saturated heterocycles. The molecule has 0 aliphatic heterocycles. The van der Waals surface area contributed by atoms with E-state index < -0.39 is 6.04 Å². The first-order valence-corrected chi connectivity index (χ1v) is 5.77. The zero-order valence-corrected chi connectivity index (χ0v) is 11.1. The van der Waals surface area contributed by atoms with Gasteiger partial charge in [-0.3, -0.25) is 0 Å². The van der Waals surface area contributed by atoms with Crippen LogP contribution in [-0.4, -0.2) is 32.8 Å². The topological polar surface area (TPSA) is 56.8 Å². The van der Waals surface area contributed by atoms with Crippen molar-refractivity contribution in [1.82, 2.24) is 0 Å². The number of rotatable bonds is 6. The number of esters is 1. The highest BCUT2D eigenvalue weighted by Gasteiger charge is 2.13. The third kappa shape index (κ3) is 3.55. The number of hydrogen-bond acceptors (Lipinski definition) is 5. The number of methoxy groups -OCH3 is 2. The maximum Gasteiger partial charge on any atom is 0.327 e. The normalized spacial score (nSPS) is 11.6. The van der Waals surface area contributed by atoms with Crippen molar-refractivity contribution < 1.29 is 19.0 Å². The lowest BCUT2D eigenvalue weighted by molar-refractivity contribution is -0.141. The maximum absolute atomic E-state index is 11.3. The minimum Gasteiger partial charge on any atom is -0.493 e. The van der Waals surface area contributed by atoms with Gasteiger partial charge in [-0.2, -0.15) is 0 Å². The molecule has 1 aromatic rings. The fraction of sp³-hybridized carbons (Fsp3) is 0.462. The minimum absolute atomic E-state index is 0.317. The molecule has 18 heavy (non-hydrogen) atoms. The van der Waals surface area contributed by atoms with Crippen LogP contribution in [0.4, 0.5) is 5.69 Å². The summed E-state index contributed by atoms with van der Waals surface area (Å²) in [5, 5.41) is 3.03. The largest absolute Gasteiger partial charge is 0.493 e. The third-order valence-corrected chi connectivity index (χ3v) is 2.40. The fourth-order valence-corrected chi connectivity index (χ4v) is 1.52. The molecule has 0 aliphatic carbocycles. The van der Waals surface area contributed by atoms with Gasteiger partial charge in [-0.25, -0.2) is 4.79 Å². The van der Waals surface area contributed by atoms with Crippen molar-refractivity contribution >= 4 is 11.7 Å². The van der Waals surface area contributed by atoms with Gasteiger partial charge in [0.1, 0.15) is 6.04 Å². The first-order valence-electron chi connectivity index (χ1n) is 5.77. The highest BCUT2D eigenvalue weighted by molar-refractivity contribution is 5.78. The van der Waals surface area contributed by atoms with Gasteiger partial charge in [-0.15, -0.1) is 0 Å². The van der Waals surface area contributed by atoms with Gasteiger partial charge in [0.2, 0.25) is 0 Å². The van der Waals surface area contributed by atoms with E-state index in [4.69, 9.17) is 9.47 Å². The predicted octanol–water partition coefficient (Wildman–Crippen LogP) is 2.07. The van der Waals surface area contributed by atoms with Crippen molar-refractivity contribution in [1.29, 1.82) is 0 Å². The van der Waals surface area contributed by atoms with Gasteiger partial charge in [-0.1, -0.05) is 0 Å². The molecule has 0 fully saturated rings. The van der Waals surface area contributed by atoms with Crippen molar-refractivity contribution in [3.05, 3.63) is 18.2 Å². The highest BCUT2D eigenvalue weighted by Crippen LogP contribution is 2.30. The van der Waals surface area contributed by atoms with Crippen molar-refractivity contribution in [2.75, 3.05) is 26.1 Å². The molecule has 1 N–H and O–H groups in total. The van der Waals surface area contributed by atoms with E-state index in [1.165, 1.54) is 7.11 Å². The molecule has 0 saturated carbocycles. The Balaban J connectivity index is 2.82. The van der Waals surface area contributed by atoms with E-state index in [0.29, 0.717) is 18.1 Å². The molecule has 1 atom stereocenters. The minimum atomic E-state index is -0.419. The van der Waals surface area contributed by atoms with Crippen molar-refractivity contribution in [3.8, 4) is 11.5 Å². The Bertz CT molecular complexity index is 406. The number of carbonyl (C=O) groups excluding carboxylic acids is 1. The molecule has 0 radical (unpaired) electrons. The van der Waals surface area contributed by atoms with E-state index in [1.54, 1.807) is 26.2 Å². The number of nitrogens with one attached hydrogen (secondary N) is 1. The number of hydrogen-bond donors (Lipinski definition) is 1. The summed E-state index contributed by atoms with van der Waals surface area (Å²) in [7, 11) is 2.94. The lowest BCUT2D eigenvalue weighted by Crippen LogP contribution is -2.27. The van der Waals surface area contributed by atoms with Crippen LogP contribution in [0.3, 0.4) is 0 Å². The van der Waals surface area contributed by atoms with Crippen LogP contribution in [0.15, 0.2) is 18.2 Å². The lowest BCUT2D eigenvalue weighted by atomic mass is 10.2. The molecule has 1 aromatic carbocycles. The molecule has 1 rings (SSSR count). The Labute approximate surface area is 107 Å². The summed E-state index contributed by atoms with van der Waals surface area (Å²) in [5.74, 6) is 0.984. The zero-order chi connectivity index (χ0) is 13.5. The molecule has 0 spiro atoms. The van der Waals surface area contributed by atoms with Crippen LogP contribution in [0.25, 0.3) is 0 Å². The molecule has 0 amide bonds. The van der Waals surface area contributed by atoms with E-state index in [9.17, 15) is 4.79 Å².